The fourth-order valence-corrected chi connectivity index (χ4v) is 5.03. The van der Waals surface area contributed by atoms with Gasteiger partial charge in [-0.05, 0) is 34.8 Å². The van der Waals surface area contributed by atoms with Crippen LogP contribution in [-0.4, -0.2) is 30.3 Å². The largest absolute Gasteiger partial charge is 0.383 e. The van der Waals surface area contributed by atoms with Crippen LogP contribution in [0.4, 0.5) is 5.82 Å². The molecule has 112 valence electrons. The Hall–Kier alpha value is -0.660. The Kier molecular flexibility index (Phi) is 5.04. The van der Waals surface area contributed by atoms with Gasteiger partial charge in [0, 0.05) is 23.3 Å². The summed E-state index contributed by atoms with van der Waals surface area (Å²) in [6, 6.07) is 1.61. The summed E-state index contributed by atoms with van der Waals surface area (Å²) in [5.41, 5.74) is 5.76. The molecule has 0 atom stereocenters. The van der Waals surface area contributed by atoms with E-state index < -0.39 is 10.0 Å². The average Bonchev–Trinajstić information content (AvgIpc) is 2.43. The first-order valence-electron chi connectivity index (χ1n) is 6.89. The SMILES string of the molecule is CCN(C1CCCCC1)S(=O)(=O)c1cc(Br)cnc1N. The van der Waals surface area contributed by atoms with Gasteiger partial charge < -0.3 is 5.73 Å². The Morgan fingerprint density at radius 1 is 1.40 bits per heavy atom. The van der Waals surface area contributed by atoms with Gasteiger partial charge in [-0.15, -0.1) is 0 Å². The average molecular weight is 362 g/mol. The number of halogens is 1. The Morgan fingerprint density at radius 3 is 2.65 bits per heavy atom. The topological polar surface area (TPSA) is 76.3 Å². The van der Waals surface area contributed by atoms with Crippen molar-refractivity contribution < 1.29 is 8.42 Å². The minimum Gasteiger partial charge on any atom is -0.383 e. The van der Waals surface area contributed by atoms with Gasteiger partial charge in [-0.25, -0.2) is 13.4 Å². The summed E-state index contributed by atoms with van der Waals surface area (Å²) < 4.78 is 27.8. The normalized spacial score (nSPS) is 17.6. The van der Waals surface area contributed by atoms with Crippen LogP contribution in [0.2, 0.25) is 0 Å². The van der Waals surface area contributed by atoms with E-state index in [0.29, 0.717) is 11.0 Å². The molecule has 1 aromatic rings. The molecule has 1 aliphatic rings. The van der Waals surface area contributed by atoms with Crippen LogP contribution in [0, 0.1) is 0 Å². The zero-order valence-corrected chi connectivity index (χ0v) is 14.0. The summed E-state index contributed by atoms with van der Waals surface area (Å²) in [4.78, 5) is 4.03. The van der Waals surface area contributed by atoms with Crippen molar-refractivity contribution in [2.75, 3.05) is 12.3 Å². The summed E-state index contributed by atoms with van der Waals surface area (Å²) in [6.45, 7) is 2.33. The van der Waals surface area contributed by atoms with Crippen LogP contribution in [0.1, 0.15) is 39.0 Å². The molecule has 1 aliphatic carbocycles. The highest BCUT2D eigenvalue weighted by atomic mass is 79.9. The van der Waals surface area contributed by atoms with Gasteiger partial charge >= 0.3 is 0 Å². The van der Waals surface area contributed by atoms with Gasteiger partial charge in [-0.1, -0.05) is 26.2 Å². The predicted octanol–water partition coefficient (Wildman–Crippen LogP) is 2.77. The Balaban J connectivity index is 2.38. The van der Waals surface area contributed by atoms with Crippen molar-refractivity contribution in [2.45, 2.75) is 50.0 Å². The third-order valence-corrected chi connectivity index (χ3v) is 6.22. The van der Waals surface area contributed by atoms with E-state index in [1.807, 2.05) is 6.92 Å². The monoisotopic (exact) mass is 361 g/mol. The second-order valence-electron chi connectivity index (χ2n) is 5.04. The lowest BCUT2D eigenvalue weighted by molar-refractivity contribution is 0.261. The molecular formula is C13H20BrN3O2S. The third kappa shape index (κ3) is 3.15. The molecule has 1 saturated carbocycles. The molecule has 1 heterocycles. The van der Waals surface area contributed by atoms with E-state index in [1.165, 1.54) is 18.7 Å². The lowest BCUT2D eigenvalue weighted by Gasteiger charge is -2.32. The molecular weight excluding hydrogens is 342 g/mol. The number of hydrogen-bond acceptors (Lipinski definition) is 4. The third-order valence-electron chi connectivity index (χ3n) is 3.73. The van der Waals surface area contributed by atoms with Gasteiger partial charge in [0.1, 0.15) is 10.7 Å². The first-order chi connectivity index (χ1) is 9.46. The highest BCUT2D eigenvalue weighted by molar-refractivity contribution is 9.10. The number of hydrogen-bond donors (Lipinski definition) is 1. The van der Waals surface area contributed by atoms with E-state index in [2.05, 4.69) is 20.9 Å². The maximum absolute atomic E-state index is 12.8. The van der Waals surface area contributed by atoms with Crippen molar-refractivity contribution in [3.8, 4) is 0 Å². The van der Waals surface area contributed by atoms with E-state index in [9.17, 15) is 8.42 Å². The predicted molar refractivity (Wildman–Crippen MR) is 82.8 cm³/mol. The molecule has 0 aromatic carbocycles. The molecule has 2 rings (SSSR count). The second kappa shape index (κ2) is 6.41. The number of rotatable bonds is 4. The van der Waals surface area contributed by atoms with Crippen LogP contribution >= 0.6 is 15.9 Å². The van der Waals surface area contributed by atoms with E-state index in [-0.39, 0.29) is 16.8 Å². The minimum absolute atomic E-state index is 0.0578. The number of nitrogen functional groups attached to an aromatic ring is 1. The minimum atomic E-state index is -3.59. The lowest BCUT2D eigenvalue weighted by atomic mass is 9.95. The zero-order chi connectivity index (χ0) is 14.8. The summed E-state index contributed by atoms with van der Waals surface area (Å²) >= 11 is 3.25. The number of pyridine rings is 1. The first-order valence-corrected chi connectivity index (χ1v) is 9.13. The highest BCUT2D eigenvalue weighted by Crippen LogP contribution is 2.30. The lowest BCUT2D eigenvalue weighted by Crippen LogP contribution is -2.41. The van der Waals surface area contributed by atoms with Crippen LogP contribution in [0.25, 0.3) is 0 Å². The molecule has 2 N–H and O–H groups in total. The van der Waals surface area contributed by atoms with Crippen LogP contribution in [0.5, 0.6) is 0 Å². The molecule has 0 aliphatic heterocycles. The summed E-state index contributed by atoms with van der Waals surface area (Å²) in [6.07, 6.45) is 6.72. The summed E-state index contributed by atoms with van der Waals surface area (Å²) in [5.74, 6) is 0.0578. The van der Waals surface area contributed by atoms with Crippen molar-refractivity contribution in [3.63, 3.8) is 0 Å². The Labute approximate surface area is 128 Å². The second-order valence-corrected chi connectivity index (χ2v) is 7.81. The molecule has 0 radical (unpaired) electrons. The van der Waals surface area contributed by atoms with Crippen LogP contribution in [0.15, 0.2) is 21.6 Å². The molecule has 0 amide bonds. The highest BCUT2D eigenvalue weighted by Gasteiger charge is 2.32. The van der Waals surface area contributed by atoms with E-state index in [4.69, 9.17) is 5.73 Å². The fraction of sp³-hybridized carbons (Fsp3) is 0.615. The van der Waals surface area contributed by atoms with Gasteiger partial charge in [-0.3, -0.25) is 0 Å². The van der Waals surface area contributed by atoms with Gasteiger partial charge in [0.2, 0.25) is 10.0 Å². The molecule has 20 heavy (non-hydrogen) atoms. The van der Waals surface area contributed by atoms with Gasteiger partial charge in [0.15, 0.2) is 0 Å². The van der Waals surface area contributed by atoms with E-state index in [0.717, 1.165) is 25.7 Å². The summed E-state index contributed by atoms with van der Waals surface area (Å²) in [5, 5.41) is 0. The van der Waals surface area contributed by atoms with Crippen molar-refractivity contribution in [1.82, 2.24) is 9.29 Å². The number of nitrogens with two attached hydrogens (primary N) is 1. The number of nitrogens with zero attached hydrogens (tertiary/aromatic N) is 2. The van der Waals surface area contributed by atoms with Gasteiger partial charge in [-0.2, -0.15) is 4.31 Å². The Bertz CT molecular complexity index is 571. The number of anilines is 1. The number of sulfonamides is 1. The molecule has 0 bridgehead atoms. The van der Waals surface area contributed by atoms with Crippen molar-refractivity contribution in [1.29, 1.82) is 0 Å². The maximum atomic E-state index is 12.8. The van der Waals surface area contributed by atoms with Crippen LogP contribution in [0.3, 0.4) is 0 Å². The van der Waals surface area contributed by atoms with Crippen molar-refractivity contribution in [3.05, 3.63) is 16.7 Å². The number of aromatic nitrogens is 1. The Morgan fingerprint density at radius 2 is 2.05 bits per heavy atom. The summed E-state index contributed by atoms with van der Waals surface area (Å²) in [7, 11) is -3.59. The molecule has 0 saturated heterocycles. The van der Waals surface area contributed by atoms with E-state index >= 15 is 0 Å². The first kappa shape index (κ1) is 15.7. The van der Waals surface area contributed by atoms with Crippen LogP contribution < -0.4 is 5.73 Å². The van der Waals surface area contributed by atoms with Crippen LogP contribution in [-0.2, 0) is 10.0 Å². The maximum Gasteiger partial charge on any atom is 0.247 e. The molecule has 1 fully saturated rings. The molecule has 0 spiro atoms. The van der Waals surface area contributed by atoms with Crippen molar-refractivity contribution in [2.24, 2.45) is 0 Å². The van der Waals surface area contributed by atoms with Gasteiger partial charge in [0.25, 0.3) is 0 Å². The molecule has 0 unspecified atom stereocenters. The quantitative estimate of drug-likeness (QED) is 0.894. The van der Waals surface area contributed by atoms with Crippen molar-refractivity contribution >= 4 is 31.8 Å². The fourth-order valence-electron chi connectivity index (χ4n) is 2.76. The zero-order valence-electron chi connectivity index (χ0n) is 11.5. The standard InChI is InChI=1S/C13H20BrN3O2S/c1-2-17(11-6-4-3-5-7-11)20(18,19)12-8-10(14)9-16-13(12)15/h8-9,11H,2-7H2,1H3,(H2,15,16). The molecule has 7 heteroatoms. The van der Waals surface area contributed by atoms with Gasteiger partial charge in [0.05, 0.1) is 0 Å². The molecule has 1 aromatic heterocycles. The van der Waals surface area contributed by atoms with E-state index in [1.54, 1.807) is 4.31 Å². The molecule has 5 nitrogen and oxygen atoms in total. The smallest absolute Gasteiger partial charge is 0.247 e.